The molecule has 0 aliphatic rings. The Hall–Kier alpha value is -7.41. The van der Waals surface area contributed by atoms with E-state index in [4.69, 9.17) is 23.2 Å². The van der Waals surface area contributed by atoms with Crippen LogP contribution in [0.1, 0.15) is 30.0 Å². The highest BCUT2D eigenvalue weighted by Gasteiger charge is 2.28. The summed E-state index contributed by atoms with van der Waals surface area (Å²) >= 11 is 12.7. The fourth-order valence-corrected chi connectivity index (χ4v) is 12.0. The van der Waals surface area contributed by atoms with E-state index in [1.54, 1.807) is 6.92 Å². The summed E-state index contributed by atoms with van der Waals surface area (Å²) < 4.78 is 173. The molecule has 0 fully saturated rings. The Morgan fingerprint density at radius 1 is 0.597 bits per heavy atom. The van der Waals surface area contributed by atoms with Gasteiger partial charge in [0.15, 0.2) is 16.6 Å². The predicted molar refractivity (Wildman–Crippen MR) is 278 cm³/mol. The molecule has 0 spiro atoms. The zero-order chi connectivity index (χ0) is 56.7. The zero-order valence-electron chi connectivity index (χ0n) is 38.4. The maximum Gasteiger partial charge on any atom is 0.296 e. The molecule has 0 radical (unpaired) electrons. The summed E-state index contributed by atoms with van der Waals surface area (Å²) in [6.07, 6.45) is 0.123. The average Bonchev–Trinajstić information content (AvgIpc) is 3.72. The number of carbonyl (C=O) groups is 1. The number of nitriles is 2. The van der Waals surface area contributed by atoms with E-state index in [2.05, 4.69) is 41.4 Å². The Labute approximate surface area is 450 Å². The van der Waals surface area contributed by atoms with Gasteiger partial charge in [-0.05, 0) is 85.3 Å². The van der Waals surface area contributed by atoms with Crippen molar-refractivity contribution in [2.75, 3.05) is 16.0 Å². The highest BCUT2D eigenvalue weighted by Crippen LogP contribution is 2.49. The third-order valence-electron chi connectivity index (χ3n) is 10.5. The Bertz CT molecular complexity index is 4410. The molecule has 0 aliphatic heterocycles. The van der Waals surface area contributed by atoms with Crippen LogP contribution in [-0.2, 0) is 55.4 Å². The smallest absolute Gasteiger partial charge is 0.296 e. The first-order valence-corrected chi connectivity index (χ1v) is 29.5. The minimum atomic E-state index is -5.42. The van der Waals surface area contributed by atoms with Crippen LogP contribution in [0, 0.1) is 29.6 Å². The van der Waals surface area contributed by atoms with E-state index < -0.39 is 91.5 Å². The van der Waals surface area contributed by atoms with Crippen LogP contribution >= 0.6 is 34.5 Å². The monoisotopic (exact) mass is 1200 g/mol. The first kappa shape index (κ1) is 57.3. The molecule has 8 N–H and O–H groups in total. The highest BCUT2D eigenvalue weighted by molar-refractivity contribution is 7.87. The van der Waals surface area contributed by atoms with Crippen LogP contribution in [0.3, 0.4) is 0 Å². The zero-order valence-corrected chi connectivity index (χ0v) is 44.8. The molecule has 26 nitrogen and oxygen atoms in total. The van der Waals surface area contributed by atoms with Crippen molar-refractivity contribution in [2.24, 2.45) is 20.5 Å². The largest absolute Gasteiger partial charge is 0.339 e. The molecular formula is C43H30Cl2N10O16S6. The van der Waals surface area contributed by atoms with E-state index in [1.807, 2.05) is 12.1 Å². The van der Waals surface area contributed by atoms with E-state index >= 15 is 0 Å². The van der Waals surface area contributed by atoms with E-state index in [0.29, 0.717) is 35.2 Å². The van der Waals surface area contributed by atoms with Crippen LogP contribution < -0.4 is 16.0 Å². The molecular weight excluding hydrogens is 1180 g/mol. The molecule has 0 unspecified atom stereocenters. The summed E-state index contributed by atoms with van der Waals surface area (Å²) in [4.78, 5) is 11.6. The number of azo groups is 2. The quantitative estimate of drug-likeness (QED) is 0.0329. The molecule has 0 aliphatic carbocycles. The van der Waals surface area contributed by atoms with Crippen molar-refractivity contribution < 1.29 is 69.6 Å². The average molecular weight is 1210 g/mol. The van der Waals surface area contributed by atoms with Gasteiger partial charge in [0.1, 0.15) is 48.0 Å². The molecule has 5 aromatic carbocycles. The maximum atomic E-state index is 12.7. The molecule has 7 rings (SSSR count). The van der Waals surface area contributed by atoms with Gasteiger partial charge in [0.25, 0.3) is 50.6 Å². The lowest BCUT2D eigenvalue weighted by Crippen LogP contribution is -2.08. The predicted octanol–water partition coefficient (Wildman–Crippen LogP) is 10.2. The van der Waals surface area contributed by atoms with Crippen molar-refractivity contribution in [3.05, 3.63) is 112 Å². The lowest BCUT2D eigenvalue weighted by molar-refractivity contribution is -0.115. The first-order chi connectivity index (χ1) is 35.8. The van der Waals surface area contributed by atoms with Crippen LogP contribution in [0.2, 0.25) is 10.0 Å². The summed E-state index contributed by atoms with van der Waals surface area (Å²) in [5, 5.41) is 43.6. The number of thiophene rings is 1. The fourth-order valence-electron chi connectivity index (χ4n) is 7.04. The third-order valence-corrected chi connectivity index (χ3v) is 16.8. The van der Waals surface area contributed by atoms with Crippen LogP contribution in [0.25, 0.3) is 21.9 Å². The van der Waals surface area contributed by atoms with Crippen molar-refractivity contribution in [2.45, 2.75) is 44.7 Å². The Balaban J connectivity index is 1.45. The van der Waals surface area contributed by atoms with Gasteiger partial charge in [-0.15, -0.1) is 20.5 Å². The Morgan fingerprint density at radius 3 is 1.60 bits per heavy atom. The molecule has 2 heterocycles. The van der Waals surface area contributed by atoms with E-state index in [9.17, 15) is 80.2 Å². The maximum absolute atomic E-state index is 12.7. The number of hydrogen-bond donors (Lipinski definition) is 8. The topological polar surface area (TPSA) is 435 Å². The summed E-state index contributed by atoms with van der Waals surface area (Å²) in [6, 6.07) is 18.7. The molecule has 77 heavy (non-hydrogen) atoms. The minimum Gasteiger partial charge on any atom is -0.339 e. The number of carbonyl (C=O) groups excluding carboxylic acids is 1. The minimum absolute atomic E-state index is 0.0250. The van der Waals surface area contributed by atoms with Crippen molar-refractivity contribution in [3.63, 3.8) is 0 Å². The SMILES string of the molecule is CCC(=O)Nc1ccc(-c2c(/N=N/c3cc(S(=O)(=O)O)c4cc(S(=O)(=O)O)cc(S(=O)(=O)O)c4c3)sc(N=Nc3c(Nc4ccc(Cl)c(S(=O)(=O)O)c4)nc(Nc4ccc(Cl)c(S(=O)(=O)O)c4)c(C#N)c3C)c2C#N)cc1. The van der Waals surface area contributed by atoms with Gasteiger partial charge in [0, 0.05) is 45.4 Å². The van der Waals surface area contributed by atoms with Crippen LogP contribution in [0.15, 0.2) is 130 Å². The lowest BCUT2D eigenvalue weighted by Gasteiger charge is -2.16. The van der Waals surface area contributed by atoms with Gasteiger partial charge >= 0.3 is 0 Å². The van der Waals surface area contributed by atoms with Crippen molar-refractivity contribution in [1.82, 2.24) is 4.98 Å². The standard InChI is InChI=1S/C43H30Cl2N10O16S6/c1-3-37(56)48-22-6-4-21(5-7-22)38-30(19-47)42(72-43(38)55-52-25-12-27-28(33(15-25)74(60,61)62)16-26(73(57,58)59)17-34(27)75(63,64)65)54-53-39-20(2)29(18-46)40(49-23-8-10-31(44)35(13-23)76(66,67)68)51-41(39)50-24-9-11-32(45)36(14-24)77(69,70)71/h4-17H,3H2,1-2H3,(H,48,56)(H2,49,50,51)(H,57,58,59)(H,60,61,62)(H,63,64,65)(H,66,67,68)(H,69,70,71)/b54-53?,55-52+. The highest BCUT2D eigenvalue weighted by atomic mass is 35.5. The third kappa shape index (κ3) is 12.7. The second-order valence-corrected chi connectivity index (χ2v) is 24.4. The second kappa shape index (κ2) is 21.5. The van der Waals surface area contributed by atoms with Crippen molar-refractivity contribution >= 4 is 152 Å². The van der Waals surface area contributed by atoms with Gasteiger partial charge in [0.2, 0.25) is 5.91 Å². The molecule has 0 atom stereocenters. The lowest BCUT2D eigenvalue weighted by atomic mass is 10.0. The van der Waals surface area contributed by atoms with E-state index in [0.717, 1.165) is 30.3 Å². The summed E-state index contributed by atoms with van der Waals surface area (Å²) in [5.74, 6) is -0.952. The number of fused-ring (bicyclic) bond motifs is 1. The van der Waals surface area contributed by atoms with Gasteiger partial charge in [-0.2, -0.15) is 52.6 Å². The second-order valence-electron chi connectivity index (χ2n) is 15.6. The molecule has 1 amide bonds. The van der Waals surface area contributed by atoms with Gasteiger partial charge in [-0.1, -0.05) is 53.6 Å². The normalized spacial score (nSPS) is 12.5. The number of nitrogens with zero attached hydrogens (tertiary/aromatic N) is 7. The molecule has 398 valence electrons. The molecule has 34 heteroatoms. The van der Waals surface area contributed by atoms with Crippen molar-refractivity contribution in [3.8, 4) is 23.3 Å². The number of amides is 1. The number of benzene rings is 5. The molecule has 2 aromatic heterocycles. The summed E-state index contributed by atoms with van der Waals surface area (Å²) in [5.41, 5.74) is -1.06. The first-order valence-electron chi connectivity index (χ1n) is 20.7. The molecule has 0 bridgehead atoms. The van der Waals surface area contributed by atoms with Gasteiger partial charge in [-0.25, -0.2) is 4.98 Å². The number of anilines is 5. The number of pyridine rings is 1. The number of nitrogens with one attached hydrogen (secondary N) is 3. The molecule has 7 aromatic rings. The fraction of sp³-hybridized carbons (Fsp3) is 0.0698. The number of aromatic nitrogens is 1. The van der Waals surface area contributed by atoms with E-state index in [1.165, 1.54) is 43.3 Å². The number of hydrogen-bond acceptors (Lipinski definition) is 21. The van der Waals surface area contributed by atoms with Crippen LogP contribution in [0.5, 0.6) is 0 Å². The Kier molecular flexibility index (Phi) is 16.0. The number of halogens is 2. The van der Waals surface area contributed by atoms with Gasteiger partial charge in [-0.3, -0.25) is 27.6 Å². The van der Waals surface area contributed by atoms with Gasteiger partial charge in [0.05, 0.1) is 26.2 Å². The summed E-state index contributed by atoms with van der Waals surface area (Å²) in [6.45, 7) is 2.98. The number of rotatable bonds is 16. The summed E-state index contributed by atoms with van der Waals surface area (Å²) in [7, 11) is -25.9. The molecule has 0 saturated carbocycles. The van der Waals surface area contributed by atoms with Crippen molar-refractivity contribution in [1.29, 1.82) is 10.5 Å². The van der Waals surface area contributed by atoms with Gasteiger partial charge < -0.3 is 16.0 Å². The van der Waals surface area contributed by atoms with Crippen LogP contribution in [-0.4, -0.2) is 75.7 Å². The molecule has 0 saturated heterocycles. The Morgan fingerprint density at radius 2 is 1.09 bits per heavy atom. The van der Waals surface area contributed by atoms with E-state index in [-0.39, 0.29) is 88.9 Å². The van der Waals surface area contributed by atoms with Crippen LogP contribution in [0.4, 0.5) is 50.1 Å².